The lowest BCUT2D eigenvalue weighted by Gasteiger charge is -2.42. The minimum atomic E-state index is 0.0494. The fourth-order valence-electron chi connectivity index (χ4n) is 4.93. The Balaban J connectivity index is 1.83. The summed E-state index contributed by atoms with van der Waals surface area (Å²) in [5, 5.41) is 10.2. The van der Waals surface area contributed by atoms with Crippen molar-refractivity contribution in [3.05, 3.63) is 0 Å². The van der Waals surface area contributed by atoms with Crippen LogP contribution in [0, 0.1) is 17.3 Å². The molecule has 15 heavy (non-hydrogen) atoms. The molecule has 1 spiro atoms. The van der Waals surface area contributed by atoms with Gasteiger partial charge in [-0.25, -0.2) is 0 Å². The Morgan fingerprint density at radius 3 is 2.40 bits per heavy atom. The quantitative estimate of drug-likeness (QED) is 0.646. The van der Waals surface area contributed by atoms with Gasteiger partial charge < -0.3 is 5.11 Å². The van der Waals surface area contributed by atoms with E-state index < -0.39 is 0 Å². The van der Waals surface area contributed by atoms with Crippen LogP contribution >= 0.6 is 0 Å². The van der Waals surface area contributed by atoms with Gasteiger partial charge in [-0.3, -0.25) is 0 Å². The van der Waals surface area contributed by atoms with Crippen LogP contribution in [-0.4, -0.2) is 11.2 Å². The zero-order valence-electron chi connectivity index (χ0n) is 9.75. The van der Waals surface area contributed by atoms with Gasteiger partial charge in [0.2, 0.25) is 0 Å². The summed E-state index contributed by atoms with van der Waals surface area (Å²) in [6.07, 6.45) is 13.9. The van der Waals surface area contributed by atoms with E-state index >= 15 is 0 Å². The summed E-state index contributed by atoms with van der Waals surface area (Å²) in [5.74, 6) is 1.57. The molecule has 1 nitrogen and oxygen atoms in total. The molecule has 3 saturated carbocycles. The molecule has 1 heteroatoms. The minimum absolute atomic E-state index is 0.0494. The lowest BCUT2D eigenvalue weighted by Crippen LogP contribution is -2.32. The maximum atomic E-state index is 10.2. The zero-order valence-corrected chi connectivity index (χ0v) is 9.75. The summed E-state index contributed by atoms with van der Waals surface area (Å²) in [7, 11) is 0. The Morgan fingerprint density at radius 2 is 1.60 bits per heavy atom. The van der Waals surface area contributed by atoms with Gasteiger partial charge in [-0.2, -0.15) is 0 Å². The molecule has 0 heterocycles. The molecule has 1 N–H and O–H groups in total. The summed E-state index contributed by atoms with van der Waals surface area (Å²) in [5.41, 5.74) is 0.586. The standard InChI is InChI=1S/C14H24O/c15-13-10-14(8-4-1-5-9-14)12-7-3-2-6-11(12)13/h11-13,15H,1-10H2/t11-,12-,13+/m0/s1. The van der Waals surface area contributed by atoms with Crippen LogP contribution in [0.4, 0.5) is 0 Å². The van der Waals surface area contributed by atoms with Crippen LogP contribution in [0.5, 0.6) is 0 Å². The Hall–Kier alpha value is -0.0400. The maximum Gasteiger partial charge on any atom is 0.0576 e. The third kappa shape index (κ3) is 1.54. The van der Waals surface area contributed by atoms with Crippen molar-refractivity contribution in [1.82, 2.24) is 0 Å². The van der Waals surface area contributed by atoms with E-state index in [0.29, 0.717) is 11.3 Å². The lowest BCUT2D eigenvalue weighted by molar-refractivity contribution is 0.0744. The fourth-order valence-corrected chi connectivity index (χ4v) is 4.93. The maximum absolute atomic E-state index is 10.2. The normalized spacial score (nSPS) is 44.2. The second kappa shape index (κ2) is 3.76. The van der Waals surface area contributed by atoms with Crippen molar-refractivity contribution in [2.24, 2.45) is 17.3 Å². The Labute approximate surface area is 93.3 Å². The topological polar surface area (TPSA) is 20.2 Å². The van der Waals surface area contributed by atoms with Crippen molar-refractivity contribution < 1.29 is 5.11 Å². The largest absolute Gasteiger partial charge is 0.393 e. The molecule has 0 saturated heterocycles. The molecule has 0 bridgehead atoms. The van der Waals surface area contributed by atoms with Crippen LogP contribution in [0.3, 0.4) is 0 Å². The van der Waals surface area contributed by atoms with Crippen molar-refractivity contribution in [3.63, 3.8) is 0 Å². The van der Waals surface area contributed by atoms with Crippen molar-refractivity contribution in [2.75, 3.05) is 0 Å². The SMILES string of the molecule is O[C@@H]1CC2(CCCCC2)[C@H]2CCCC[C@H]12. The first-order valence-corrected chi connectivity index (χ1v) is 7.00. The molecule has 0 unspecified atom stereocenters. The van der Waals surface area contributed by atoms with E-state index in [-0.39, 0.29) is 6.10 Å². The molecule has 3 aliphatic rings. The van der Waals surface area contributed by atoms with Crippen LogP contribution in [0.2, 0.25) is 0 Å². The first kappa shape index (κ1) is 10.1. The number of rotatable bonds is 0. The van der Waals surface area contributed by atoms with E-state index in [2.05, 4.69) is 0 Å². The monoisotopic (exact) mass is 208 g/mol. The highest BCUT2D eigenvalue weighted by molar-refractivity contribution is 5.02. The molecule has 0 aromatic carbocycles. The number of hydrogen-bond acceptors (Lipinski definition) is 1. The predicted molar refractivity (Wildman–Crippen MR) is 61.6 cm³/mol. The van der Waals surface area contributed by atoms with Crippen LogP contribution < -0.4 is 0 Å². The molecule has 0 aromatic heterocycles. The molecular formula is C14H24O. The highest BCUT2D eigenvalue weighted by atomic mass is 16.3. The predicted octanol–water partition coefficient (Wildman–Crippen LogP) is 3.51. The smallest absolute Gasteiger partial charge is 0.0576 e. The van der Waals surface area contributed by atoms with Gasteiger partial charge in [0.05, 0.1) is 6.10 Å². The number of fused-ring (bicyclic) bond motifs is 2. The van der Waals surface area contributed by atoms with Crippen molar-refractivity contribution >= 4 is 0 Å². The molecule has 3 atom stereocenters. The first-order chi connectivity index (χ1) is 7.32. The fraction of sp³-hybridized carbons (Fsp3) is 1.00. The first-order valence-electron chi connectivity index (χ1n) is 7.00. The number of aliphatic hydroxyl groups excluding tert-OH is 1. The summed E-state index contributed by atoms with van der Waals surface area (Å²) in [6.45, 7) is 0. The zero-order chi connectivity index (χ0) is 10.3. The minimum Gasteiger partial charge on any atom is -0.393 e. The molecule has 0 aromatic rings. The summed E-state index contributed by atoms with van der Waals surface area (Å²) in [4.78, 5) is 0. The molecule has 3 rings (SSSR count). The Morgan fingerprint density at radius 1 is 0.867 bits per heavy atom. The molecule has 0 radical (unpaired) electrons. The second-order valence-electron chi connectivity index (χ2n) is 6.25. The van der Waals surface area contributed by atoms with E-state index in [4.69, 9.17) is 0 Å². The van der Waals surface area contributed by atoms with Gasteiger partial charge in [0.25, 0.3) is 0 Å². The molecule has 3 aliphatic carbocycles. The van der Waals surface area contributed by atoms with Crippen molar-refractivity contribution in [3.8, 4) is 0 Å². The Kier molecular flexibility index (Phi) is 2.54. The van der Waals surface area contributed by atoms with E-state index in [0.717, 1.165) is 12.3 Å². The highest BCUT2D eigenvalue weighted by Gasteiger charge is 2.52. The number of aliphatic hydroxyl groups is 1. The lowest BCUT2D eigenvalue weighted by atomic mass is 9.63. The van der Waals surface area contributed by atoms with Crippen molar-refractivity contribution in [2.45, 2.75) is 70.3 Å². The van der Waals surface area contributed by atoms with Gasteiger partial charge in [-0.05, 0) is 49.4 Å². The average Bonchev–Trinajstić information content (AvgIpc) is 2.55. The van der Waals surface area contributed by atoms with Gasteiger partial charge in [0.1, 0.15) is 0 Å². The molecule has 0 aliphatic heterocycles. The highest BCUT2D eigenvalue weighted by Crippen LogP contribution is 2.59. The van der Waals surface area contributed by atoms with Gasteiger partial charge in [0.15, 0.2) is 0 Å². The van der Waals surface area contributed by atoms with E-state index in [1.165, 1.54) is 57.8 Å². The van der Waals surface area contributed by atoms with Crippen LogP contribution in [0.25, 0.3) is 0 Å². The van der Waals surface area contributed by atoms with Crippen LogP contribution in [0.15, 0.2) is 0 Å². The molecule has 86 valence electrons. The molecule has 0 amide bonds. The third-order valence-electron chi connectivity index (χ3n) is 5.57. The number of hydrogen-bond donors (Lipinski definition) is 1. The van der Waals surface area contributed by atoms with E-state index in [1.807, 2.05) is 0 Å². The van der Waals surface area contributed by atoms with Gasteiger partial charge in [-0.1, -0.05) is 32.1 Å². The second-order valence-corrected chi connectivity index (χ2v) is 6.25. The third-order valence-corrected chi connectivity index (χ3v) is 5.57. The average molecular weight is 208 g/mol. The van der Waals surface area contributed by atoms with Gasteiger partial charge in [0, 0.05) is 0 Å². The van der Waals surface area contributed by atoms with E-state index in [9.17, 15) is 5.11 Å². The van der Waals surface area contributed by atoms with E-state index in [1.54, 1.807) is 0 Å². The summed E-state index contributed by atoms with van der Waals surface area (Å²) in [6, 6.07) is 0. The summed E-state index contributed by atoms with van der Waals surface area (Å²) >= 11 is 0. The Bertz CT molecular complexity index is 229. The van der Waals surface area contributed by atoms with Crippen molar-refractivity contribution in [1.29, 1.82) is 0 Å². The van der Waals surface area contributed by atoms with Crippen LogP contribution in [-0.2, 0) is 0 Å². The molecular weight excluding hydrogens is 184 g/mol. The summed E-state index contributed by atoms with van der Waals surface area (Å²) < 4.78 is 0. The van der Waals surface area contributed by atoms with Crippen LogP contribution in [0.1, 0.15) is 64.2 Å². The van der Waals surface area contributed by atoms with Gasteiger partial charge >= 0.3 is 0 Å². The van der Waals surface area contributed by atoms with Gasteiger partial charge in [-0.15, -0.1) is 0 Å². The molecule has 3 fully saturated rings.